The number of ether oxygens (including phenoxy) is 2. The molecule has 1 aromatic rings. The third kappa shape index (κ3) is 4.16. The fourth-order valence-corrected chi connectivity index (χ4v) is 2.38. The Morgan fingerprint density at radius 1 is 1.38 bits per heavy atom. The molecule has 7 nitrogen and oxygen atoms in total. The molecule has 1 aliphatic rings. The third-order valence-corrected chi connectivity index (χ3v) is 3.66. The van der Waals surface area contributed by atoms with Crippen LogP contribution in [0.1, 0.15) is 10.4 Å². The Bertz CT molecular complexity index is 532. The van der Waals surface area contributed by atoms with Gasteiger partial charge in [-0.2, -0.15) is 0 Å². The first-order valence-corrected chi connectivity index (χ1v) is 7.20. The molecule has 3 N–H and O–H groups in total. The van der Waals surface area contributed by atoms with E-state index >= 15 is 0 Å². The van der Waals surface area contributed by atoms with Crippen LogP contribution in [0.2, 0.25) is 0 Å². The van der Waals surface area contributed by atoms with Crippen molar-refractivity contribution in [3.05, 3.63) is 28.2 Å². The van der Waals surface area contributed by atoms with E-state index in [-0.39, 0.29) is 12.5 Å². The predicted molar refractivity (Wildman–Crippen MR) is 78.7 cm³/mol. The number of halogens is 1. The molecule has 1 saturated heterocycles. The molecule has 0 spiro atoms. The highest BCUT2D eigenvalue weighted by molar-refractivity contribution is 9.10. The van der Waals surface area contributed by atoms with Crippen LogP contribution < -0.4 is 16.0 Å². The van der Waals surface area contributed by atoms with Crippen LogP contribution in [-0.2, 0) is 9.53 Å². The standard InChI is InChI=1S/C13H16BrN3O4/c14-10-7-9(13(19)16-15)1-2-11(10)21-8-12(18)17-3-5-20-6-4-17/h1-2,7H,3-6,8,15H2,(H,16,19). The number of hydrogen-bond acceptors (Lipinski definition) is 5. The van der Waals surface area contributed by atoms with Crippen LogP contribution in [0.4, 0.5) is 0 Å². The molecule has 1 aliphatic heterocycles. The van der Waals surface area contributed by atoms with E-state index in [0.717, 1.165) is 0 Å². The number of carbonyl (C=O) groups is 2. The van der Waals surface area contributed by atoms with Crippen molar-refractivity contribution in [1.82, 2.24) is 10.3 Å². The molecule has 1 fully saturated rings. The van der Waals surface area contributed by atoms with E-state index in [2.05, 4.69) is 15.9 Å². The number of nitrogens with zero attached hydrogens (tertiary/aromatic N) is 1. The summed E-state index contributed by atoms with van der Waals surface area (Å²) in [6.07, 6.45) is 0. The van der Waals surface area contributed by atoms with E-state index in [1.165, 1.54) is 0 Å². The van der Waals surface area contributed by atoms with Gasteiger partial charge in [0.15, 0.2) is 6.61 Å². The molecule has 8 heteroatoms. The first kappa shape index (κ1) is 15.7. The Morgan fingerprint density at radius 2 is 2.10 bits per heavy atom. The Hall–Kier alpha value is -1.64. The molecule has 0 radical (unpaired) electrons. The molecule has 114 valence electrons. The van der Waals surface area contributed by atoms with Crippen LogP contribution in [0, 0.1) is 0 Å². The minimum atomic E-state index is -0.397. The van der Waals surface area contributed by atoms with Gasteiger partial charge in [-0.15, -0.1) is 0 Å². The maximum absolute atomic E-state index is 12.0. The summed E-state index contributed by atoms with van der Waals surface area (Å²) in [4.78, 5) is 25.0. The van der Waals surface area contributed by atoms with Gasteiger partial charge < -0.3 is 14.4 Å². The highest BCUT2D eigenvalue weighted by atomic mass is 79.9. The number of nitrogen functional groups attached to an aromatic ring is 1. The average molecular weight is 358 g/mol. The molecular weight excluding hydrogens is 342 g/mol. The SMILES string of the molecule is NNC(=O)c1ccc(OCC(=O)N2CCOCC2)c(Br)c1. The van der Waals surface area contributed by atoms with E-state index in [4.69, 9.17) is 15.3 Å². The smallest absolute Gasteiger partial charge is 0.265 e. The molecule has 2 amide bonds. The van der Waals surface area contributed by atoms with Gasteiger partial charge in [0.1, 0.15) is 5.75 Å². The van der Waals surface area contributed by atoms with Crippen LogP contribution in [-0.4, -0.2) is 49.6 Å². The van der Waals surface area contributed by atoms with Crippen molar-refractivity contribution in [3.63, 3.8) is 0 Å². The number of morpholine rings is 1. The summed E-state index contributed by atoms with van der Waals surface area (Å²) in [7, 11) is 0. The van der Waals surface area contributed by atoms with Crippen molar-refractivity contribution in [2.45, 2.75) is 0 Å². The van der Waals surface area contributed by atoms with E-state index in [1.807, 2.05) is 5.43 Å². The highest BCUT2D eigenvalue weighted by Gasteiger charge is 2.17. The van der Waals surface area contributed by atoms with E-state index in [1.54, 1.807) is 23.1 Å². The number of nitrogens with one attached hydrogen (secondary N) is 1. The van der Waals surface area contributed by atoms with E-state index < -0.39 is 5.91 Å². The van der Waals surface area contributed by atoms with Crippen LogP contribution >= 0.6 is 15.9 Å². The molecule has 0 aromatic heterocycles. The zero-order valence-corrected chi connectivity index (χ0v) is 12.9. The number of carbonyl (C=O) groups excluding carboxylic acids is 2. The van der Waals surface area contributed by atoms with Crippen LogP contribution in [0.15, 0.2) is 22.7 Å². The number of amides is 2. The minimum Gasteiger partial charge on any atom is -0.483 e. The summed E-state index contributed by atoms with van der Waals surface area (Å²) >= 11 is 3.30. The summed E-state index contributed by atoms with van der Waals surface area (Å²) in [5.74, 6) is 5.07. The summed E-state index contributed by atoms with van der Waals surface area (Å²) in [5.41, 5.74) is 2.45. The lowest BCUT2D eigenvalue weighted by Gasteiger charge is -2.26. The van der Waals surface area contributed by atoms with Crippen molar-refractivity contribution >= 4 is 27.7 Å². The molecule has 0 unspecified atom stereocenters. The van der Waals surface area contributed by atoms with Crippen molar-refractivity contribution < 1.29 is 19.1 Å². The van der Waals surface area contributed by atoms with Gasteiger partial charge in [0.25, 0.3) is 11.8 Å². The molecule has 1 heterocycles. The van der Waals surface area contributed by atoms with Gasteiger partial charge in [0, 0.05) is 18.7 Å². The van der Waals surface area contributed by atoms with Crippen LogP contribution in [0.3, 0.4) is 0 Å². The molecule has 0 saturated carbocycles. The third-order valence-electron chi connectivity index (χ3n) is 3.04. The largest absolute Gasteiger partial charge is 0.483 e. The van der Waals surface area contributed by atoms with Crippen molar-refractivity contribution in [3.8, 4) is 5.75 Å². The summed E-state index contributed by atoms with van der Waals surface area (Å²) in [5, 5.41) is 0. The number of benzene rings is 1. The van der Waals surface area contributed by atoms with Crippen molar-refractivity contribution in [1.29, 1.82) is 0 Å². The Kier molecular flexibility index (Phi) is 5.54. The summed E-state index contributed by atoms with van der Waals surface area (Å²) in [6, 6.07) is 4.76. The monoisotopic (exact) mass is 357 g/mol. The minimum absolute atomic E-state index is 0.0545. The van der Waals surface area contributed by atoms with Crippen LogP contribution in [0.25, 0.3) is 0 Å². The normalized spacial score (nSPS) is 14.7. The number of hydrogen-bond donors (Lipinski definition) is 2. The number of nitrogens with two attached hydrogens (primary N) is 1. The van der Waals surface area contributed by atoms with Crippen LogP contribution in [0.5, 0.6) is 5.75 Å². The van der Waals surface area contributed by atoms with Gasteiger partial charge in [0.05, 0.1) is 17.7 Å². The van der Waals surface area contributed by atoms with Gasteiger partial charge >= 0.3 is 0 Å². The van der Waals surface area contributed by atoms with Crippen molar-refractivity contribution in [2.75, 3.05) is 32.9 Å². The lowest BCUT2D eigenvalue weighted by molar-refractivity contribution is -0.137. The summed E-state index contributed by atoms with van der Waals surface area (Å²) < 4.78 is 11.2. The van der Waals surface area contributed by atoms with Gasteiger partial charge in [-0.05, 0) is 34.1 Å². The van der Waals surface area contributed by atoms with Gasteiger partial charge in [-0.25, -0.2) is 5.84 Å². The second-order valence-electron chi connectivity index (χ2n) is 4.40. The lowest BCUT2D eigenvalue weighted by Crippen LogP contribution is -2.43. The second kappa shape index (κ2) is 7.39. The molecule has 21 heavy (non-hydrogen) atoms. The van der Waals surface area contributed by atoms with Gasteiger partial charge in [-0.3, -0.25) is 15.0 Å². The average Bonchev–Trinajstić information content (AvgIpc) is 2.53. The summed E-state index contributed by atoms with van der Waals surface area (Å²) in [6.45, 7) is 2.22. The quantitative estimate of drug-likeness (QED) is 0.459. The molecule has 0 aliphatic carbocycles. The Labute approximate surface area is 130 Å². The molecular formula is C13H16BrN3O4. The van der Waals surface area contributed by atoms with Crippen molar-refractivity contribution in [2.24, 2.45) is 5.84 Å². The molecule has 0 atom stereocenters. The molecule has 2 rings (SSSR count). The zero-order chi connectivity index (χ0) is 15.2. The second-order valence-corrected chi connectivity index (χ2v) is 5.25. The Balaban J connectivity index is 1.93. The zero-order valence-electron chi connectivity index (χ0n) is 11.3. The van der Waals surface area contributed by atoms with Gasteiger partial charge in [0.2, 0.25) is 0 Å². The predicted octanol–water partition coefficient (Wildman–Crippen LogP) is 0.290. The lowest BCUT2D eigenvalue weighted by atomic mass is 10.2. The fraction of sp³-hybridized carbons (Fsp3) is 0.385. The van der Waals surface area contributed by atoms with E-state index in [9.17, 15) is 9.59 Å². The number of hydrazine groups is 1. The Morgan fingerprint density at radius 3 is 2.71 bits per heavy atom. The molecule has 1 aromatic carbocycles. The highest BCUT2D eigenvalue weighted by Crippen LogP contribution is 2.26. The van der Waals surface area contributed by atoms with Gasteiger partial charge in [-0.1, -0.05) is 0 Å². The topological polar surface area (TPSA) is 93.9 Å². The molecule has 0 bridgehead atoms. The number of rotatable bonds is 4. The first-order valence-electron chi connectivity index (χ1n) is 6.40. The first-order chi connectivity index (χ1) is 10.1. The maximum Gasteiger partial charge on any atom is 0.265 e. The fourth-order valence-electron chi connectivity index (χ4n) is 1.89. The maximum atomic E-state index is 12.0. The van der Waals surface area contributed by atoms with E-state index in [0.29, 0.717) is 42.1 Å².